The first-order valence-electron chi connectivity index (χ1n) is 8.03. The van der Waals surface area contributed by atoms with E-state index in [1.54, 1.807) is 16.9 Å². The van der Waals surface area contributed by atoms with E-state index < -0.39 is 0 Å². The van der Waals surface area contributed by atoms with Gasteiger partial charge in [-0.2, -0.15) is 5.10 Å². The third-order valence-electron chi connectivity index (χ3n) is 4.49. The third-order valence-corrected chi connectivity index (χ3v) is 4.94. The zero-order chi connectivity index (χ0) is 17.4. The van der Waals surface area contributed by atoms with Crippen molar-refractivity contribution in [3.05, 3.63) is 40.3 Å². The minimum Gasteiger partial charge on any atom is -0.363 e. The molecule has 24 heavy (non-hydrogen) atoms. The average molecular weight is 348 g/mol. The first kappa shape index (κ1) is 16.8. The topological polar surface area (TPSA) is 54.3 Å². The fraction of sp³-hybridized carbons (Fsp3) is 0.471. The lowest BCUT2D eigenvalue weighted by Gasteiger charge is -2.25. The van der Waals surface area contributed by atoms with Crippen molar-refractivity contribution in [3.8, 4) is 0 Å². The van der Waals surface area contributed by atoms with E-state index >= 15 is 0 Å². The number of rotatable bonds is 3. The SMILES string of the molecule is Cc1nn(C)c(Cl)c1[C@@H]1CCCN1C(=O)c1ccnc(N(C)C)c1. The van der Waals surface area contributed by atoms with Crippen LogP contribution in [0.1, 0.15) is 40.5 Å². The summed E-state index contributed by atoms with van der Waals surface area (Å²) in [4.78, 5) is 21.1. The fourth-order valence-electron chi connectivity index (χ4n) is 3.30. The molecule has 0 saturated carbocycles. The van der Waals surface area contributed by atoms with Crippen LogP contribution in [0.3, 0.4) is 0 Å². The quantitative estimate of drug-likeness (QED) is 0.856. The molecule has 0 N–H and O–H groups in total. The summed E-state index contributed by atoms with van der Waals surface area (Å²) in [6, 6.07) is 3.58. The lowest BCUT2D eigenvalue weighted by atomic mass is 10.1. The molecule has 2 aromatic rings. The molecule has 0 aromatic carbocycles. The van der Waals surface area contributed by atoms with Crippen LogP contribution in [0.5, 0.6) is 0 Å². The molecule has 0 aliphatic carbocycles. The molecule has 1 atom stereocenters. The van der Waals surface area contributed by atoms with Crippen LogP contribution >= 0.6 is 11.6 Å². The Hall–Kier alpha value is -2.08. The van der Waals surface area contributed by atoms with Crippen molar-refractivity contribution in [1.82, 2.24) is 19.7 Å². The van der Waals surface area contributed by atoms with E-state index in [4.69, 9.17) is 11.6 Å². The van der Waals surface area contributed by atoms with Crippen LogP contribution in [0.2, 0.25) is 5.15 Å². The molecular weight excluding hydrogens is 326 g/mol. The number of aromatic nitrogens is 3. The van der Waals surface area contributed by atoms with Crippen molar-refractivity contribution in [3.63, 3.8) is 0 Å². The van der Waals surface area contributed by atoms with Crippen LogP contribution in [-0.2, 0) is 7.05 Å². The van der Waals surface area contributed by atoms with E-state index in [0.717, 1.165) is 36.5 Å². The number of hydrogen-bond acceptors (Lipinski definition) is 4. The molecule has 7 heteroatoms. The third kappa shape index (κ3) is 2.86. The van der Waals surface area contributed by atoms with Gasteiger partial charge in [0.15, 0.2) is 0 Å². The predicted molar refractivity (Wildman–Crippen MR) is 94.5 cm³/mol. The van der Waals surface area contributed by atoms with Gasteiger partial charge in [-0.05, 0) is 31.9 Å². The molecule has 0 spiro atoms. The molecule has 0 bridgehead atoms. The van der Waals surface area contributed by atoms with Gasteiger partial charge in [0.1, 0.15) is 11.0 Å². The van der Waals surface area contributed by atoms with E-state index in [0.29, 0.717) is 10.7 Å². The maximum absolute atomic E-state index is 13.0. The summed E-state index contributed by atoms with van der Waals surface area (Å²) >= 11 is 6.42. The number of amides is 1. The Morgan fingerprint density at radius 3 is 2.79 bits per heavy atom. The van der Waals surface area contributed by atoms with Crippen LogP contribution in [0, 0.1) is 6.92 Å². The molecular formula is C17H22ClN5O. The highest BCUT2D eigenvalue weighted by Gasteiger charge is 2.34. The average Bonchev–Trinajstić information content (AvgIpc) is 3.11. The van der Waals surface area contributed by atoms with Gasteiger partial charge in [-0.15, -0.1) is 0 Å². The van der Waals surface area contributed by atoms with E-state index in [9.17, 15) is 4.79 Å². The second-order valence-corrected chi connectivity index (χ2v) is 6.73. The molecule has 1 amide bonds. The van der Waals surface area contributed by atoms with Gasteiger partial charge in [-0.3, -0.25) is 9.48 Å². The molecule has 1 aliphatic rings. The summed E-state index contributed by atoms with van der Waals surface area (Å²) in [7, 11) is 5.65. The van der Waals surface area contributed by atoms with E-state index in [1.807, 2.05) is 43.9 Å². The lowest BCUT2D eigenvalue weighted by Crippen LogP contribution is -2.31. The number of likely N-dealkylation sites (tertiary alicyclic amines) is 1. The summed E-state index contributed by atoms with van der Waals surface area (Å²) < 4.78 is 1.67. The van der Waals surface area contributed by atoms with Crippen LogP contribution in [0.4, 0.5) is 5.82 Å². The number of hydrogen-bond donors (Lipinski definition) is 0. The maximum Gasteiger partial charge on any atom is 0.254 e. The molecule has 128 valence electrons. The van der Waals surface area contributed by atoms with Crippen molar-refractivity contribution >= 4 is 23.3 Å². The van der Waals surface area contributed by atoms with Gasteiger partial charge >= 0.3 is 0 Å². The van der Waals surface area contributed by atoms with Crippen molar-refractivity contribution in [2.24, 2.45) is 7.05 Å². The summed E-state index contributed by atoms with van der Waals surface area (Å²) in [5, 5.41) is 5.00. The highest BCUT2D eigenvalue weighted by atomic mass is 35.5. The predicted octanol–water partition coefficient (Wildman–Crippen LogP) is 2.82. The van der Waals surface area contributed by atoms with Gasteiger partial charge in [-0.25, -0.2) is 4.98 Å². The van der Waals surface area contributed by atoms with Crippen molar-refractivity contribution in [2.45, 2.75) is 25.8 Å². The molecule has 0 unspecified atom stereocenters. The Morgan fingerprint density at radius 1 is 1.42 bits per heavy atom. The maximum atomic E-state index is 13.0. The molecule has 3 heterocycles. The van der Waals surface area contributed by atoms with Gasteiger partial charge in [0.25, 0.3) is 5.91 Å². The molecule has 1 aliphatic heterocycles. The van der Waals surface area contributed by atoms with Crippen LogP contribution in [-0.4, -0.2) is 46.2 Å². The summed E-state index contributed by atoms with van der Waals surface area (Å²) in [5.74, 6) is 0.787. The van der Waals surface area contributed by atoms with Crippen LogP contribution < -0.4 is 4.90 Å². The van der Waals surface area contributed by atoms with Gasteiger partial charge in [-0.1, -0.05) is 11.6 Å². The largest absolute Gasteiger partial charge is 0.363 e. The van der Waals surface area contributed by atoms with Gasteiger partial charge in [0.2, 0.25) is 0 Å². The second kappa shape index (κ2) is 6.43. The van der Waals surface area contributed by atoms with E-state index in [1.165, 1.54) is 0 Å². The lowest BCUT2D eigenvalue weighted by molar-refractivity contribution is 0.0735. The van der Waals surface area contributed by atoms with Crippen LogP contribution in [0.15, 0.2) is 18.3 Å². The molecule has 6 nitrogen and oxygen atoms in total. The Balaban J connectivity index is 1.93. The molecule has 0 radical (unpaired) electrons. The van der Waals surface area contributed by atoms with Gasteiger partial charge < -0.3 is 9.80 Å². The first-order chi connectivity index (χ1) is 11.4. The zero-order valence-corrected chi connectivity index (χ0v) is 15.2. The highest BCUT2D eigenvalue weighted by molar-refractivity contribution is 6.30. The first-order valence-corrected chi connectivity index (χ1v) is 8.41. The molecule has 1 saturated heterocycles. The summed E-state index contributed by atoms with van der Waals surface area (Å²) in [5.41, 5.74) is 2.50. The summed E-state index contributed by atoms with van der Waals surface area (Å²) in [6.07, 6.45) is 3.55. The van der Waals surface area contributed by atoms with Crippen molar-refractivity contribution in [2.75, 3.05) is 25.5 Å². The molecule has 3 rings (SSSR count). The number of carbonyl (C=O) groups excluding carboxylic acids is 1. The number of carbonyl (C=O) groups is 1. The minimum absolute atomic E-state index is 0.0160. The minimum atomic E-state index is -0.0188. The van der Waals surface area contributed by atoms with Gasteiger partial charge in [0.05, 0.1) is 11.7 Å². The number of aryl methyl sites for hydroxylation is 2. The normalized spacial score (nSPS) is 17.4. The number of anilines is 1. The molecule has 1 fully saturated rings. The Labute approximate surface area is 147 Å². The monoisotopic (exact) mass is 347 g/mol. The number of halogens is 1. The zero-order valence-electron chi connectivity index (χ0n) is 14.5. The Kier molecular flexibility index (Phi) is 4.49. The van der Waals surface area contributed by atoms with Gasteiger partial charge in [0, 0.05) is 45.0 Å². The second-order valence-electron chi connectivity index (χ2n) is 6.37. The summed E-state index contributed by atoms with van der Waals surface area (Å²) in [6.45, 7) is 2.67. The number of nitrogens with zero attached hydrogens (tertiary/aromatic N) is 5. The Bertz CT molecular complexity index is 770. The standard InChI is InChI=1S/C17H22ClN5O/c1-11-15(16(18)22(4)20-11)13-6-5-9-23(13)17(24)12-7-8-19-14(10-12)21(2)3/h7-8,10,13H,5-6,9H2,1-4H3/t13-/m0/s1. The highest BCUT2D eigenvalue weighted by Crippen LogP contribution is 2.38. The van der Waals surface area contributed by atoms with E-state index in [-0.39, 0.29) is 11.9 Å². The smallest absolute Gasteiger partial charge is 0.254 e. The van der Waals surface area contributed by atoms with Crippen molar-refractivity contribution < 1.29 is 4.79 Å². The van der Waals surface area contributed by atoms with Crippen LogP contribution in [0.25, 0.3) is 0 Å². The van der Waals surface area contributed by atoms with Crippen molar-refractivity contribution in [1.29, 1.82) is 0 Å². The van der Waals surface area contributed by atoms with E-state index in [2.05, 4.69) is 10.1 Å². The molecule has 2 aromatic heterocycles. The Morgan fingerprint density at radius 2 is 2.17 bits per heavy atom. The number of pyridine rings is 1. The fourth-order valence-corrected chi connectivity index (χ4v) is 3.60.